The lowest BCUT2D eigenvalue weighted by atomic mass is 9.89. The van der Waals surface area contributed by atoms with Gasteiger partial charge in [-0.15, -0.1) is 0 Å². The summed E-state index contributed by atoms with van der Waals surface area (Å²) in [6.45, 7) is 7.72. The summed E-state index contributed by atoms with van der Waals surface area (Å²) in [5.74, 6) is -0.281. The number of nitrogens with zero attached hydrogens (tertiary/aromatic N) is 1. The number of hydrogen-bond acceptors (Lipinski definition) is 3. The summed E-state index contributed by atoms with van der Waals surface area (Å²) < 4.78 is 26.6. The molecule has 2 aromatic rings. The van der Waals surface area contributed by atoms with Crippen molar-refractivity contribution in [2.24, 2.45) is 0 Å². The van der Waals surface area contributed by atoms with Gasteiger partial charge in [0, 0.05) is 0 Å². The number of aryl methyl sites for hydroxylation is 4. The Morgan fingerprint density at radius 1 is 1.03 bits per heavy atom. The molecular weight excluding hydrogens is 408 g/mol. The molecule has 6 heteroatoms. The highest BCUT2D eigenvalue weighted by Crippen LogP contribution is 2.27. The Kier molecular flexibility index (Phi) is 7.10. The molecule has 5 nitrogen and oxygen atoms in total. The maximum atomic E-state index is 13.2. The summed E-state index contributed by atoms with van der Waals surface area (Å²) in [5, 5.41) is 3.06. The lowest BCUT2D eigenvalue weighted by Gasteiger charge is -2.31. The maximum Gasteiger partial charge on any atom is 0.244 e. The van der Waals surface area contributed by atoms with Crippen molar-refractivity contribution in [3.05, 3.63) is 64.2 Å². The van der Waals surface area contributed by atoms with Gasteiger partial charge in [0.25, 0.3) is 0 Å². The van der Waals surface area contributed by atoms with Crippen molar-refractivity contribution in [2.75, 3.05) is 10.6 Å². The van der Waals surface area contributed by atoms with E-state index in [0.29, 0.717) is 12.1 Å². The molecule has 0 radical (unpaired) electrons. The van der Waals surface area contributed by atoms with E-state index in [9.17, 15) is 13.2 Å². The van der Waals surface area contributed by atoms with E-state index in [1.165, 1.54) is 28.3 Å². The second-order valence-electron chi connectivity index (χ2n) is 8.72. The number of anilines is 1. The third-order valence-corrected chi connectivity index (χ3v) is 7.49. The van der Waals surface area contributed by atoms with Crippen LogP contribution in [0, 0.1) is 13.8 Å². The second-order valence-corrected chi connectivity index (χ2v) is 10.6. The van der Waals surface area contributed by atoms with Gasteiger partial charge in [-0.05, 0) is 92.8 Å². The normalized spacial score (nSPS) is 15.6. The summed E-state index contributed by atoms with van der Waals surface area (Å²) in [6, 6.07) is 10.9. The fraction of sp³-hybridized carbons (Fsp3) is 0.480. The molecule has 1 aliphatic rings. The molecule has 0 aliphatic heterocycles. The molecule has 0 bridgehead atoms. The fourth-order valence-corrected chi connectivity index (χ4v) is 5.54. The van der Waals surface area contributed by atoms with Gasteiger partial charge in [0.1, 0.15) is 6.04 Å². The third kappa shape index (κ3) is 5.29. The second kappa shape index (κ2) is 9.43. The Labute approximate surface area is 186 Å². The minimum atomic E-state index is -3.64. The largest absolute Gasteiger partial charge is 0.348 e. The zero-order valence-corrected chi connectivity index (χ0v) is 20.1. The van der Waals surface area contributed by atoms with Gasteiger partial charge in [-0.3, -0.25) is 9.10 Å². The standard InChI is InChI=1S/C25H34N2O3S/c1-6-24(27(31(5,29)30)23-14-11-17(2)18(3)15-23)25(28)26-19(4)21-13-12-20-9-7-8-10-22(20)16-21/h11-16,19,24H,6-10H2,1-5H3,(H,26,28)/t19-,24+/m1/s1. The summed E-state index contributed by atoms with van der Waals surface area (Å²) in [4.78, 5) is 13.2. The number of fused-ring (bicyclic) bond motifs is 1. The van der Waals surface area contributed by atoms with Crippen molar-refractivity contribution in [1.82, 2.24) is 5.32 Å². The highest BCUT2D eigenvalue weighted by Gasteiger charge is 2.32. The Hall–Kier alpha value is -2.34. The predicted octanol–water partition coefficient (Wildman–Crippen LogP) is 4.60. The predicted molar refractivity (Wildman–Crippen MR) is 127 cm³/mol. The number of amides is 1. The molecule has 1 amide bonds. The number of carbonyl (C=O) groups excluding carboxylic acids is 1. The molecule has 0 heterocycles. The van der Waals surface area contributed by atoms with Crippen LogP contribution < -0.4 is 9.62 Å². The van der Waals surface area contributed by atoms with Crippen LogP contribution in [-0.2, 0) is 27.7 Å². The molecule has 1 aliphatic carbocycles. The Morgan fingerprint density at radius 2 is 1.71 bits per heavy atom. The Morgan fingerprint density at radius 3 is 2.32 bits per heavy atom. The molecule has 0 aromatic heterocycles. The molecule has 3 rings (SSSR count). The van der Waals surface area contributed by atoms with Crippen LogP contribution in [0.5, 0.6) is 0 Å². The molecule has 1 N–H and O–H groups in total. The first-order valence-electron chi connectivity index (χ1n) is 11.1. The summed E-state index contributed by atoms with van der Waals surface area (Å²) in [5.41, 5.74) is 6.41. The quantitative estimate of drug-likeness (QED) is 0.681. The zero-order valence-electron chi connectivity index (χ0n) is 19.2. The van der Waals surface area contributed by atoms with Crippen molar-refractivity contribution >= 4 is 21.6 Å². The smallest absolute Gasteiger partial charge is 0.244 e. The molecule has 0 spiro atoms. The van der Waals surface area contributed by atoms with Crippen LogP contribution >= 0.6 is 0 Å². The Balaban J connectivity index is 1.85. The first-order chi connectivity index (χ1) is 14.6. The van der Waals surface area contributed by atoms with Crippen molar-refractivity contribution in [3.8, 4) is 0 Å². The van der Waals surface area contributed by atoms with Crippen LogP contribution in [0.3, 0.4) is 0 Å². The maximum absolute atomic E-state index is 13.2. The van der Waals surface area contributed by atoms with Gasteiger partial charge in [-0.25, -0.2) is 8.42 Å². The van der Waals surface area contributed by atoms with Crippen LogP contribution in [0.1, 0.15) is 67.0 Å². The summed E-state index contributed by atoms with van der Waals surface area (Å²) in [6.07, 6.45) is 6.17. The van der Waals surface area contributed by atoms with E-state index in [0.717, 1.165) is 35.8 Å². The molecule has 0 saturated heterocycles. The van der Waals surface area contributed by atoms with E-state index in [1.54, 1.807) is 6.07 Å². The highest BCUT2D eigenvalue weighted by atomic mass is 32.2. The fourth-order valence-electron chi connectivity index (χ4n) is 4.34. The van der Waals surface area contributed by atoms with Crippen molar-refractivity contribution in [3.63, 3.8) is 0 Å². The van der Waals surface area contributed by atoms with E-state index < -0.39 is 16.1 Å². The average Bonchev–Trinajstić information content (AvgIpc) is 2.72. The molecule has 2 aromatic carbocycles. The van der Waals surface area contributed by atoms with Gasteiger partial charge in [0.2, 0.25) is 15.9 Å². The molecule has 2 atom stereocenters. The van der Waals surface area contributed by atoms with E-state index >= 15 is 0 Å². The van der Waals surface area contributed by atoms with E-state index in [-0.39, 0.29) is 11.9 Å². The molecule has 0 unspecified atom stereocenters. The van der Waals surface area contributed by atoms with Crippen LogP contribution in [0.25, 0.3) is 0 Å². The number of hydrogen-bond donors (Lipinski definition) is 1. The van der Waals surface area contributed by atoms with Gasteiger partial charge >= 0.3 is 0 Å². The van der Waals surface area contributed by atoms with Gasteiger partial charge in [-0.2, -0.15) is 0 Å². The lowest BCUT2D eigenvalue weighted by Crippen LogP contribution is -2.49. The SMILES string of the molecule is CC[C@@H](C(=O)N[C@H](C)c1ccc2c(c1)CCCC2)N(c1ccc(C)c(C)c1)S(C)(=O)=O. The minimum absolute atomic E-state index is 0.199. The molecule has 31 heavy (non-hydrogen) atoms. The molecule has 168 valence electrons. The first kappa shape index (κ1) is 23.3. The molecular formula is C25H34N2O3S. The topological polar surface area (TPSA) is 66.5 Å². The monoisotopic (exact) mass is 442 g/mol. The number of sulfonamides is 1. The van der Waals surface area contributed by atoms with Crippen molar-refractivity contribution < 1.29 is 13.2 Å². The number of rotatable bonds is 7. The number of carbonyl (C=O) groups is 1. The third-order valence-electron chi connectivity index (χ3n) is 6.31. The average molecular weight is 443 g/mol. The van der Waals surface area contributed by atoms with Crippen LogP contribution in [0.2, 0.25) is 0 Å². The van der Waals surface area contributed by atoms with Crippen molar-refractivity contribution in [2.45, 2.75) is 71.9 Å². The van der Waals surface area contributed by atoms with Crippen molar-refractivity contribution in [1.29, 1.82) is 0 Å². The van der Waals surface area contributed by atoms with E-state index in [4.69, 9.17) is 0 Å². The highest BCUT2D eigenvalue weighted by molar-refractivity contribution is 7.92. The van der Waals surface area contributed by atoms with Crippen LogP contribution in [0.4, 0.5) is 5.69 Å². The lowest BCUT2D eigenvalue weighted by molar-refractivity contribution is -0.122. The molecule has 0 fully saturated rings. The number of nitrogens with one attached hydrogen (secondary N) is 1. The van der Waals surface area contributed by atoms with Gasteiger partial charge in [-0.1, -0.05) is 31.2 Å². The summed E-state index contributed by atoms with van der Waals surface area (Å²) in [7, 11) is -3.64. The first-order valence-corrected chi connectivity index (χ1v) is 13.0. The van der Waals surface area contributed by atoms with E-state index in [2.05, 4.69) is 23.5 Å². The summed E-state index contributed by atoms with van der Waals surface area (Å²) >= 11 is 0. The molecule has 0 saturated carbocycles. The van der Waals surface area contributed by atoms with Gasteiger partial charge in [0.05, 0.1) is 18.0 Å². The Bertz CT molecular complexity index is 1060. The van der Waals surface area contributed by atoms with Crippen LogP contribution in [-0.4, -0.2) is 26.6 Å². The zero-order chi connectivity index (χ0) is 22.8. The number of benzene rings is 2. The van der Waals surface area contributed by atoms with E-state index in [1.807, 2.05) is 39.8 Å². The van der Waals surface area contributed by atoms with Crippen LogP contribution in [0.15, 0.2) is 36.4 Å². The minimum Gasteiger partial charge on any atom is -0.348 e. The van der Waals surface area contributed by atoms with Gasteiger partial charge in [0.15, 0.2) is 0 Å². The van der Waals surface area contributed by atoms with Gasteiger partial charge < -0.3 is 5.32 Å².